The maximum absolute atomic E-state index is 12.8. The number of carbonyl (C=O) groups excluding carboxylic acids is 2. The summed E-state index contributed by atoms with van der Waals surface area (Å²) in [6.07, 6.45) is 1.80. The zero-order chi connectivity index (χ0) is 20.0. The van der Waals surface area contributed by atoms with Crippen LogP contribution in [0.3, 0.4) is 0 Å². The van der Waals surface area contributed by atoms with E-state index in [1.54, 1.807) is 12.1 Å². The third kappa shape index (κ3) is 5.83. The summed E-state index contributed by atoms with van der Waals surface area (Å²) < 4.78 is 11.3. The Balaban J connectivity index is 1.65. The highest BCUT2D eigenvalue weighted by molar-refractivity contribution is 6.30. The molecule has 1 aromatic carbocycles. The van der Waals surface area contributed by atoms with Gasteiger partial charge in [-0.3, -0.25) is 14.5 Å². The summed E-state index contributed by atoms with van der Waals surface area (Å²) in [5, 5.41) is 0.590. The minimum atomic E-state index is -0.479. The van der Waals surface area contributed by atoms with Crippen molar-refractivity contribution in [3.05, 3.63) is 29.3 Å². The molecule has 154 valence electrons. The van der Waals surface area contributed by atoms with Crippen LogP contribution in [0.1, 0.15) is 19.3 Å². The maximum Gasteiger partial charge on any atom is 0.236 e. The van der Waals surface area contributed by atoms with Gasteiger partial charge in [0, 0.05) is 43.0 Å². The molecule has 0 spiro atoms. The Kier molecular flexibility index (Phi) is 7.15. The molecule has 2 heterocycles. The number of nitrogens with two attached hydrogens (primary N) is 1. The number of piperidine rings is 1. The first-order chi connectivity index (χ1) is 13.5. The predicted octanol–water partition coefficient (Wildman–Crippen LogP) is 1.54. The third-order valence-corrected chi connectivity index (χ3v) is 5.60. The molecule has 1 aromatic rings. The van der Waals surface area contributed by atoms with Crippen LogP contribution in [-0.2, 0) is 14.3 Å². The van der Waals surface area contributed by atoms with Gasteiger partial charge in [-0.1, -0.05) is 17.7 Å². The highest BCUT2D eigenvalue weighted by Crippen LogP contribution is 2.34. The van der Waals surface area contributed by atoms with Gasteiger partial charge in [0.25, 0.3) is 0 Å². The number of carbonyl (C=O) groups is 2. The zero-order valence-corrected chi connectivity index (χ0v) is 16.8. The Morgan fingerprint density at radius 3 is 2.75 bits per heavy atom. The number of amides is 2. The van der Waals surface area contributed by atoms with Crippen molar-refractivity contribution in [3.63, 3.8) is 0 Å². The first-order valence-corrected chi connectivity index (χ1v) is 10.1. The number of morpholine rings is 1. The van der Waals surface area contributed by atoms with Gasteiger partial charge in [-0.2, -0.15) is 0 Å². The van der Waals surface area contributed by atoms with Crippen LogP contribution in [0.5, 0.6) is 5.75 Å². The Morgan fingerprint density at radius 1 is 1.25 bits per heavy atom. The van der Waals surface area contributed by atoms with Gasteiger partial charge in [-0.05, 0) is 31.0 Å². The first-order valence-electron chi connectivity index (χ1n) is 9.70. The van der Waals surface area contributed by atoms with Crippen molar-refractivity contribution in [2.45, 2.75) is 19.3 Å². The number of halogens is 1. The zero-order valence-electron chi connectivity index (χ0n) is 16.1. The number of hydrogen-bond acceptors (Lipinski definition) is 5. The van der Waals surface area contributed by atoms with E-state index >= 15 is 0 Å². The summed E-state index contributed by atoms with van der Waals surface area (Å²) in [7, 11) is 0. The van der Waals surface area contributed by atoms with Crippen molar-refractivity contribution in [2.75, 3.05) is 52.5 Å². The van der Waals surface area contributed by atoms with Gasteiger partial charge in [0.2, 0.25) is 11.8 Å². The van der Waals surface area contributed by atoms with Crippen LogP contribution < -0.4 is 10.5 Å². The van der Waals surface area contributed by atoms with Crippen LogP contribution in [0.2, 0.25) is 5.02 Å². The SMILES string of the molecule is NC(=O)C[C@@]1(COc2cccc(Cl)c2)CCCN(C(=O)CN2CCOCC2)C1. The molecule has 3 rings (SSSR count). The van der Waals surface area contributed by atoms with E-state index in [9.17, 15) is 9.59 Å². The molecule has 0 saturated carbocycles. The van der Waals surface area contributed by atoms with E-state index in [0.717, 1.165) is 25.9 Å². The van der Waals surface area contributed by atoms with Crippen molar-refractivity contribution in [3.8, 4) is 5.75 Å². The van der Waals surface area contributed by atoms with E-state index < -0.39 is 5.41 Å². The molecule has 8 heteroatoms. The lowest BCUT2D eigenvalue weighted by Crippen LogP contribution is -2.53. The van der Waals surface area contributed by atoms with Gasteiger partial charge in [0.15, 0.2) is 0 Å². The molecule has 7 nitrogen and oxygen atoms in total. The minimum Gasteiger partial charge on any atom is -0.493 e. The summed E-state index contributed by atoms with van der Waals surface area (Å²) in [5.74, 6) is 0.350. The lowest BCUT2D eigenvalue weighted by atomic mass is 9.77. The highest BCUT2D eigenvalue weighted by atomic mass is 35.5. The summed E-state index contributed by atoms with van der Waals surface area (Å²) in [6, 6.07) is 7.16. The Morgan fingerprint density at radius 2 is 2.04 bits per heavy atom. The van der Waals surface area contributed by atoms with Gasteiger partial charge in [0.1, 0.15) is 5.75 Å². The fourth-order valence-corrected chi connectivity index (χ4v) is 4.13. The summed E-state index contributed by atoms with van der Waals surface area (Å²) in [6.45, 7) is 4.72. The van der Waals surface area contributed by atoms with Gasteiger partial charge in [-0.15, -0.1) is 0 Å². The van der Waals surface area contributed by atoms with Crippen LogP contribution in [0, 0.1) is 5.41 Å². The molecule has 2 aliphatic heterocycles. The lowest BCUT2D eigenvalue weighted by molar-refractivity contribution is -0.139. The number of likely N-dealkylation sites (tertiary alicyclic amines) is 1. The van der Waals surface area contributed by atoms with Gasteiger partial charge >= 0.3 is 0 Å². The summed E-state index contributed by atoms with van der Waals surface area (Å²) in [4.78, 5) is 28.5. The van der Waals surface area contributed by atoms with Gasteiger partial charge in [-0.25, -0.2) is 0 Å². The number of rotatable bonds is 7. The molecule has 2 amide bonds. The average Bonchev–Trinajstić information content (AvgIpc) is 2.67. The van der Waals surface area contributed by atoms with E-state index in [0.29, 0.717) is 50.2 Å². The van der Waals surface area contributed by atoms with Crippen LogP contribution in [0.4, 0.5) is 0 Å². The second-order valence-corrected chi connectivity index (χ2v) is 8.13. The average molecular weight is 410 g/mol. The fraction of sp³-hybridized carbons (Fsp3) is 0.600. The standard InChI is InChI=1S/C20H28ClN3O4/c21-16-3-1-4-17(11-16)28-15-20(12-18(22)25)5-2-6-24(14-20)19(26)13-23-7-9-27-10-8-23/h1,3-4,11H,2,5-10,12-15H2,(H2,22,25)/t20-/m0/s1. The van der Waals surface area contributed by atoms with E-state index in [4.69, 9.17) is 26.8 Å². The van der Waals surface area contributed by atoms with Crippen LogP contribution in [0.15, 0.2) is 24.3 Å². The maximum atomic E-state index is 12.8. The van der Waals surface area contributed by atoms with Gasteiger partial charge < -0.3 is 20.1 Å². The highest BCUT2D eigenvalue weighted by Gasteiger charge is 2.39. The monoisotopic (exact) mass is 409 g/mol. The lowest BCUT2D eigenvalue weighted by Gasteiger charge is -2.42. The van der Waals surface area contributed by atoms with Crippen LogP contribution in [0.25, 0.3) is 0 Å². The molecule has 0 aromatic heterocycles. The number of ether oxygens (including phenoxy) is 2. The molecule has 2 aliphatic rings. The number of benzene rings is 1. The second kappa shape index (κ2) is 9.58. The molecule has 2 saturated heterocycles. The minimum absolute atomic E-state index is 0.0817. The molecule has 1 atom stereocenters. The smallest absolute Gasteiger partial charge is 0.236 e. The molecular weight excluding hydrogens is 382 g/mol. The largest absolute Gasteiger partial charge is 0.493 e. The molecule has 2 N–H and O–H groups in total. The third-order valence-electron chi connectivity index (χ3n) is 5.37. The van der Waals surface area contributed by atoms with Crippen molar-refractivity contribution < 1.29 is 19.1 Å². The molecule has 28 heavy (non-hydrogen) atoms. The summed E-state index contributed by atoms with van der Waals surface area (Å²) in [5.41, 5.74) is 5.05. The topological polar surface area (TPSA) is 85.1 Å². The Hall–Kier alpha value is -1.83. The first kappa shape index (κ1) is 20.9. The predicted molar refractivity (Wildman–Crippen MR) is 106 cm³/mol. The van der Waals surface area contributed by atoms with Gasteiger partial charge in [0.05, 0.1) is 26.4 Å². The number of nitrogens with zero attached hydrogens (tertiary/aromatic N) is 2. The fourth-order valence-electron chi connectivity index (χ4n) is 3.95. The normalized spacial score (nSPS) is 23.4. The van der Waals surface area contributed by atoms with E-state index in [1.165, 1.54) is 0 Å². The van der Waals surface area contributed by atoms with Crippen molar-refractivity contribution in [2.24, 2.45) is 11.1 Å². The second-order valence-electron chi connectivity index (χ2n) is 7.70. The van der Waals surface area contributed by atoms with Crippen molar-refractivity contribution >= 4 is 23.4 Å². The molecule has 0 bridgehead atoms. The molecular formula is C20H28ClN3O4. The number of primary amides is 1. The van der Waals surface area contributed by atoms with E-state index in [1.807, 2.05) is 17.0 Å². The molecule has 0 unspecified atom stereocenters. The van der Waals surface area contributed by atoms with E-state index in [-0.39, 0.29) is 18.2 Å². The quantitative estimate of drug-likeness (QED) is 0.738. The van der Waals surface area contributed by atoms with Crippen LogP contribution >= 0.6 is 11.6 Å². The molecule has 0 aliphatic carbocycles. The summed E-state index contributed by atoms with van der Waals surface area (Å²) >= 11 is 6.02. The van der Waals surface area contributed by atoms with Crippen LogP contribution in [-0.4, -0.2) is 74.2 Å². The Labute approximate surface area is 170 Å². The van der Waals surface area contributed by atoms with Crippen molar-refractivity contribution in [1.82, 2.24) is 9.80 Å². The Bertz CT molecular complexity index is 696. The number of hydrogen-bond donors (Lipinski definition) is 1. The van der Waals surface area contributed by atoms with Crippen molar-refractivity contribution in [1.29, 1.82) is 0 Å². The van der Waals surface area contributed by atoms with E-state index in [2.05, 4.69) is 4.90 Å². The molecule has 2 fully saturated rings. The molecule has 0 radical (unpaired) electrons.